The van der Waals surface area contributed by atoms with Crippen LogP contribution in [0.3, 0.4) is 0 Å². The predicted octanol–water partition coefficient (Wildman–Crippen LogP) is 5.09. The van der Waals surface area contributed by atoms with Crippen molar-refractivity contribution in [2.45, 2.75) is 20.3 Å². The second kappa shape index (κ2) is 9.40. The van der Waals surface area contributed by atoms with Gasteiger partial charge in [0.2, 0.25) is 0 Å². The number of pyridine rings is 1. The molecule has 0 unspecified atom stereocenters. The van der Waals surface area contributed by atoms with Crippen LogP contribution in [0.2, 0.25) is 0 Å². The molecule has 31 heavy (non-hydrogen) atoms. The fraction of sp³-hybridized carbons (Fsp3) is 0.280. The molecule has 160 valence electrons. The van der Waals surface area contributed by atoms with E-state index in [4.69, 9.17) is 19.9 Å². The molecule has 0 radical (unpaired) electrons. The van der Waals surface area contributed by atoms with Gasteiger partial charge in [-0.05, 0) is 30.0 Å². The lowest BCUT2D eigenvalue weighted by Gasteiger charge is -2.16. The second-order valence-corrected chi connectivity index (χ2v) is 7.63. The monoisotopic (exact) mass is 417 g/mol. The number of methoxy groups -OCH3 is 3. The van der Waals surface area contributed by atoms with Gasteiger partial charge < -0.3 is 19.9 Å². The number of nitrogens with two attached hydrogens (primary N) is 1. The minimum atomic E-state index is 0.165. The normalized spacial score (nSPS) is 10.6. The van der Waals surface area contributed by atoms with Gasteiger partial charge in [0.25, 0.3) is 0 Å². The van der Waals surface area contributed by atoms with E-state index in [1.165, 1.54) is 5.56 Å². The van der Waals surface area contributed by atoms with Crippen LogP contribution in [0, 0.1) is 17.2 Å². The molecule has 2 N–H and O–H groups in total. The average Bonchev–Trinajstić information content (AvgIpc) is 2.77. The van der Waals surface area contributed by atoms with Gasteiger partial charge in [-0.2, -0.15) is 5.26 Å². The van der Waals surface area contributed by atoms with Crippen molar-refractivity contribution in [3.63, 3.8) is 0 Å². The van der Waals surface area contributed by atoms with E-state index >= 15 is 0 Å². The van der Waals surface area contributed by atoms with Crippen molar-refractivity contribution in [3.8, 4) is 45.7 Å². The Balaban J connectivity index is 2.18. The van der Waals surface area contributed by atoms with Gasteiger partial charge in [0.15, 0.2) is 11.5 Å². The first-order valence-electron chi connectivity index (χ1n) is 10.0. The van der Waals surface area contributed by atoms with E-state index in [0.717, 1.165) is 12.0 Å². The van der Waals surface area contributed by atoms with Crippen LogP contribution in [0.25, 0.3) is 22.4 Å². The summed E-state index contributed by atoms with van der Waals surface area (Å²) >= 11 is 0. The summed E-state index contributed by atoms with van der Waals surface area (Å²) in [7, 11) is 4.68. The molecule has 0 aliphatic rings. The van der Waals surface area contributed by atoms with Gasteiger partial charge >= 0.3 is 0 Å². The molecule has 0 saturated carbocycles. The van der Waals surface area contributed by atoms with Crippen molar-refractivity contribution in [2.75, 3.05) is 27.1 Å². The SMILES string of the molecule is COc1cc(OC)c(-c2cc(-c3ccc(CC(C)C)cc3)nc(N)c2C#N)cc1OC. The van der Waals surface area contributed by atoms with Gasteiger partial charge in [-0.15, -0.1) is 0 Å². The number of ether oxygens (including phenoxy) is 3. The molecule has 0 aliphatic heterocycles. The highest BCUT2D eigenvalue weighted by molar-refractivity contribution is 5.84. The summed E-state index contributed by atoms with van der Waals surface area (Å²) < 4.78 is 16.4. The Morgan fingerprint density at radius 3 is 2.06 bits per heavy atom. The molecule has 0 atom stereocenters. The smallest absolute Gasteiger partial charge is 0.164 e. The quantitative estimate of drug-likeness (QED) is 0.576. The minimum Gasteiger partial charge on any atom is -0.496 e. The van der Waals surface area contributed by atoms with Crippen LogP contribution >= 0.6 is 0 Å². The lowest BCUT2D eigenvalue weighted by molar-refractivity contribution is 0.349. The molecule has 0 amide bonds. The number of hydrogen-bond acceptors (Lipinski definition) is 6. The number of anilines is 1. The molecule has 0 saturated heterocycles. The molecular weight excluding hydrogens is 390 g/mol. The maximum Gasteiger partial charge on any atom is 0.164 e. The van der Waals surface area contributed by atoms with Gasteiger partial charge in [-0.25, -0.2) is 4.98 Å². The molecule has 0 bridgehead atoms. The largest absolute Gasteiger partial charge is 0.496 e. The van der Waals surface area contributed by atoms with Gasteiger partial charge in [0, 0.05) is 22.8 Å². The van der Waals surface area contributed by atoms with Crippen LogP contribution in [-0.4, -0.2) is 26.3 Å². The van der Waals surface area contributed by atoms with E-state index in [1.807, 2.05) is 18.2 Å². The first-order chi connectivity index (χ1) is 14.9. The summed E-state index contributed by atoms with van der Waals surface area (Å²) in [5, 5.41) is 9.77. The van der Waals surface area contributed by atoms with Crippen LogP contribution in [0.1, 0.15) is 25.0 Å². The Labute approximate surface area is 183 Å². The topological polar surface area (TPSA) is 90.4 Å². The highest BCUT2D eigenvalue weighted by Crippen LogP contribution is 2.42. The maximum atomic E-state index is 9.77. The Morgan fingerprint density at radius 1 is 0.903 bits per heavy atom. The third-order valence-electron chi connectivity index (χ3n) is 5.05. The standard InChI is InChI=1S/C25H27N3O3/c1-15(2)10-16-6-8-17(9-7-16)21-11-18(20(14-26)25(27)28-21)19-12-23(30-4)24(31-5)13-22(19)29-3/h6-9,11-13,15H,10H2,1-5H3,(H2,27,28). The molecule has 1 aromatic heterocycles. The fourth-order valence-electron chi connectivity index (χ4n) is 3.57. The maximum absolute atomic E-state index is 9.77. The van der Waals surface area contributed by atoms with Crippen LogP contribution in [-0.2, 0) is 6.42 Å². The van der Waals surface area contributed by atoms with Gasteiger partial charge in [0.05, 0.1) is 27.0 Å². The molecule has 6 heteroatoms. The first kappa shape index (κ1) is 22.0. The molecule has 3 aromatic rings. The van der Waals surface area contributed by atoms with Crippen LogP contribution in [0.15, 0.2) is 42.5 Å². The van der Waals surface area contributed by atoms with E-state index in [0.29, 0.717) is 40.0 Å². The van der Waals surface area contributed by atoms with Gasteiger partial charge in [-0.3, -0.25) is 0 Å². The van der Waals surface area contributed by atoms with Crippen molar-refractivity contribution in [3.05, 3.63) is 53.6 Å². The van der Waals surface area contributed by atoms with Gasteiger partial charge in [-0.1, -0.05) is 38.1 Å². The minimum absolute atomic E-state index is 0.165. The van der Waals surface area contributed by atoms with Crippen LogP contribution < -0.4 is 19.9 Å². The van der Waals surface area contributed by atoms with Crippen LogP contribution in [0.5, 0.6) is 17.2 Å². The Bertz CT molecular complexity index is 1120. The van der Waals surface area contributed by atoms with E-state index in [-0.39, 0.29) is 11.4 Å². The lowest BCUT2D eigenvalue weighted by atomic mass is 9.96. The van der Waals surface area contributed by atoms with E-state index < -0.39 is 0 Å². The predicted molar refractivity (Wildman–Crippen MR) is 122 cm³/mol. The average molecular weight is 418 g/mol. The Hall–Kier alpha value is -3.72. The van der Waals surface area contributed by atoms with Crippen molar-refractivity contribution in [2.24, 2.45) is 5.92 Å². The molecule has 2 aromatic carbocycles. The highest BCUT2D eigenvalue weighted by Gasteiger charge is 2.19. The zero-order valence-corrected chi connectivity index (χ0v) is 18.5. The van der Waals surface area contributed by atoms with Crippen molar-refractivity contribution < 1.29 is 14.2 Å². The molecule has 0 spiro atoms. The molecule has 3 rings (SSSR count). The number of rotatable bonds is 7. The van der Waals surface area contributed by atoms with E-state index in [9.17, 15) is 5.26 Å². The lowest BCUT2D eigenvalue weighted by Crippen LogP contribution is -2.02. The third-order valence-corrected chi connectivity index (χ3v) is 5.05. The molecular formula is C25H27N3O3. The summed E-state index contributed by atoms with van der Waals surface area (Å²) in [4.78, 5) is 4.48. The van der Waals surface area contributed by atoms with Crippen molar-refractivity contribution >= 4 is 5.82 Å². The molecule has 0 aliphatic carbocycles. The number of hydrogen-bond donors (Lipinski definition) is 1. The first-order valence-corrected chi connectivity index (χ1v) is 10.0. The number of benzene rings is 2. The van der Waals surface area contributed by atoms with E-state index in [2.05, 4.69) is 37.0 Å². The van der Waals surface area contributed by atoms with Crippen molar-refractivity contribution in [1.29, 1.82) is 5.26 Å². The molecule has 0 fully saturated rings. The summed E-state index contributed by atoms with van der Waals surface area (Å²) in [5.74, 6) is 2.34. The van der Waals surface area contributed by atoms with E-state index in [1.54, 1.807) is 33.5 Å². The Kier molecular flexibility index (Phi) is 6.66. The summed E-state index contributed by atoms with van der Waals surface area (Å²) in [5.41, 5.74) is 10.6. The highest BCUT2D eigenvalue weighted by atomic mass is 16.5. The number of aromatic nitrogens is 1. The third kappa shape index (κ3) is 4.56. The van der Waals surface area contributed by atoms with Crippen molar-refractivity contribution in [1.82, 2.24) is 4.98 Å². The summed E-state index contributed by atoms with van der Waals surface area (Å²) in [6.45, 7) is 4.39. The zero-order chi connectivity index (χ0) is 22.5. The summed E-state index contributed by atoms with van der Waals surface area (Å²) in [6.07, 6.45) is 1.01. The Morgan fingerprint density at radius 2 is 1.52 bits per heavy atom. The van der Waals surface area contributed by atoms with Gasteiger partial charge in [0.1, 0.15) is 23.2 Å². The number of nitriles is 1. The number of nitrogens with zero attached hydrogens (tertiary/aromatic N) is 2. The number of nitrogen functional groups attached to an aromatic ring is 1. The molecule has 1 heterocycles. The second-order valence-electron chi connectivity index (χ2n) is 7.63. The molecule has 6 nitrogen and oxygen atoms in total. The summed E-state index contributed by atoms with van der Waals surface area (Å²) in [6, 6.07) is 15.8. The van der Waals surface area contributed by atoms with Crippen LogP contribution in [0.4, 0.5) is 5.82 Å². The zero-order valence-electron chi connectivity index (χ0n) is 18.5. The fourth-order valence-corrected chi connectivity index (χ4v) is 3.57.